The van der Waals surface area contributed by atoms with E-state index in [-0.39, 0.29) is 26.4 Å². The molecule has 2 heterocycles. The molecule has 0 spiro atoms. The van der Waals surface area contributed by atoms with Crippen LogP contribution in [-0.4, -0.2) is 144 Å². The Hall–Kier alpha value is -4.00. The van der Waals surface area contributed by atoms with E-state index in [1.807, 2.05) is 0 Å². The maximum atomic E-state index is 12.4. The van der Waals surface area contributed by atoms with Crippen molar-refractivity contribution in [1.29, 1.82) is 0 Å². The van der Waals surface area contributed by atoms with Crippen LogP contribution in [-0.2, 0) is 70.2 Å². The number of esters is 2. The van der Waals surface area contributed by atoms with Crippen molar-refractivity contribution in [3.8, 4) is 23.0 Å². The molecule has 2 aliphatic heterocycles. The zero-order valence-electron chi connectivity index (χ0n) is 30.7. The summed E-state index contributed by atoms with van der Waals surface area (Å²) in [5.41, 5.74) is 1.31. The zero-order valence-corrected chi connectivity index (χ0v) is 30.7. The average Bonchev–Trinajstić information content (AvgIpc) is 3.18. The second kappa shape index (κ2) is 27.6. The molecule has 0 saturated carbocycles. The van der Waals surface area contributed by atoms with Gasteiger partial charge in [-0.1, -0.05) is 12.1 Å². The third-order valence-electron chi connectivity index (χ3n) is 7.31. The second-order valence-corrected chi connectivity index (χ2v) is 11.4. The van der Waals surface area contributed by atoms with Gasteiger partial charge in [0.05, 0.1) is 106 Å². The van der Waals surface area contributed by atoms with Crippen LogP contribution in [0, 0.1) is 0 Å². The summed E-state index contributed by atoms with van der Waals surface area (Å²) in [7, 11) is 0. The minimum absolute atomic E-state index is 0.0671. The number of carbonyl (C=O) groups is 2. The first-order chi connectivity index (χ1) is 26.7. The van der Waals surface area contributed by atoms with Gasteiger partial charge in [0.15, 0.2) is 23.0 Å². The van der Waals surface area contributed by atoms with E-state index in [4.69, 9.17) is 66.3 Å². The Labute approximate surface area is 315 Å². The van der Waals surface area contributed by atoms with Gasteiger partial charge in [-0.3, -0.25) is 0 Å². The Kier molecular flexibility index (Phi) is 21.8. The van der Waals surface area contributed by atoms with E-state index in [0.717, 1.165) is 12.2 Å². The first-order valence-corrected chi connectivity index (χ1v) is 18.1. The van der Waals surface area contributed by atoms with Gasteiger partial charge in [-0.25, -0.2) is 9.59 Å². The van der Waals surface area contributed by atoms with Crippen LogP contribution in [0.2, 0.25) is 0 Å². The monoisotopic (exact) mass is 764 g/mol. The van der Waals surface area contributed by atoms with Gasteiger partial charge >= 0.3 is 11.9 Å². The Bertz CT molecular complexity index is 1270. The molecular weight excluding hydrogens is 712 g/mol. The largest absolute Gasteiger partial charge is 0.487 e. The molecule has 0 radical (unpaired) electrons. The van der Waals surface area contributed by atoms with Crippen molar-refractivity contribution in [2.24, 2.45) is 0 Å². The van der Waals surface area contributed by atoms with Crippen LogP contribution in [0.5, 0.6) is 23.0 Å². The van der Waals surface area contributed by atoms with Gasteiger partial charge in [-0.2, -0.15) is 0 Å². The fourth-order valence-electron chi connectivity index (χ4n) is 4.66. The molecule has 0 bridgehead atoms. The number of carbonyl (C=O) groups excluding carboxylic acids is 2. The molecule has 2 aliphatic rings. The number of rotatable bonds is 6. The lowest BCUT2D eigenvalue weighted by Crippen LogP contribution is -2.16. The lowest BCUT2D eigenvalue weighted by Gasteiger charge is -2.15. The third-order valence-corrected chi connectivity index (χ3v) is 7.31. The molecular formula is C38H52O16. The number of hydrogen-bond donors (Lipinski definition) is 0. The highest BCUT2D eigenvalue weighted by molar-refractivity contribution is 5.91. The molecule has 0 fully saturated rings. The molecule has 54 heavy (non-hydrogen) atoms. The van der Waals surface area contributed by atoms with Crippen molar-refractivity contribution in [3.05, 3.63) is 59.7 Å². The fourth-order valence-corrected chi connectivity index (χ4v) is 4.66. The Morgan fingerprint density at radius 3 is 0.944 bits per heavy atom. The molecule has 16 nitrogen and oxygen atoms in total. The molecule has 2 aromatic rings. The SMILES string of the molecule is O=C(/C=C\C(=O)OCc1ccc2c(c1)OCCOCCOCCOCCOCCO2)OCc1ccc2c(c1)OCCOCCOCCOCCOCCO2. The summed E-state index contributed by atoms with van der Waals surface area (Å²) < 4.78 is 78.3. The van der Waals surface area contributed by atoms with Crippen molar-refractivity contribution in [2.75, 3.05) is 132 Å². The predicted molar refractivity (Wildman–Crippen MR) is 190 cm³/mol. The van der Waals surface area contributed by atoms with E-state index in [0.29, 0.717) is 153 Å². The van der Waals surface area contributed by atoms with Crippen LogP contribution in [0.1, 0.15) is 11.1 Å². The van der Waals surface area contributed by atoms with E-state index in [1.54, 1.807) is 36.4 Å². The van der Waals surface area contributed by atoms with Gasteiger partial charge in [-0.05, 0) is 35.4 Å². The lowest BCUT2D eigenvalue weighted by molar-refractivity contribution is -0.141. The second-order valence-electron chi connectivity index (χ2n) is 11.4. The molecule has 0 atom stereocenters. The van der Waals surface area contributed by atoms with E-state index in [2.05, 4.69) is 0 Å². The van der Waals surface area contributed by atoms with Gasteiger partial charge in [0, 0.05) is 12.2 Å². The normalized spacial score (nSPS) is 18.6. The molecule has 2 aromatic carbocycles. The minimum Gasteiger partial charge on any atom is -0.487 e. The fraction of sp³-hybridized carbons (Fsp3) is 0.579. The summed E-state index contributed by atoms with van der Waals surface area (Å²) in [4.78, 5) is 24.9. The smallest absolute Gasteiger partial charge is 0.331 e. The lowest BCUT2D eigenvalue weighted by atomic mass is 10.2. The Balaban J connectivity index is 1.23. The van der Waals surface area contributed by atoms with Crippen LogP contribution in [0.4, 0.5) is 0 Å². The van der Waals surface area contributed by atoms with Crippen LogP contribution < -0.4 is 18.9 Å². The molecule has 16 heteroatoms. The maximum Gasteiger partial charge on any atom is 0.331 e. The molecule has 0 amide bonds. The highest BCUT2D eigenvalue weighted by atomic mass is 16.6. The Morgan fingerprint density at radius 1 is 0.389 bits per heavy atom. The van der Waals surface area contributed by atoms with Crippen LogP contribution >= 0.6 is 0 Å². The van der Waals surface area contributed by atoms with Crippen molar-refractivity contribution in [2.45, 2.75) is 13.2 Å². The van der Waals surface area contributed by atoms with Crippen LogP contribution in [0.15, 0.2) is 48.6 Å². The number of ether oxygens (including phenoxy) is 14. The van der Waals surface area contributed by atoms with Crippen LogP contribution in [0.3, 0.4) is 0 Å². The molecule has 0 aliphatic carbocycles. The maximum absolute atomic E-state index is 12.4. The molecule has 0 unspecified atom stereocenters. The summed E-state index contributed by atoms with van der Waals surface area (Å²) >= 11 is 0. The predicted octanol–water partition coefficient (Wildman–Crippen LogP) is 2.70. The molecule has 4 rings (SSSR count). The van der Waals surface area contributed by atoms with E-state index >= 15 is 0 Å². The molecule has 0 saturated heterocycles. The highest BCUT2D eigenvalue weighted by Gasteiger charge is 2.12. The summed E-state index contributed by atoms with van der Waals surface area (Å²) in [6.07, 6.45) is 2.02. The van der Waals surface area contributed by atoms with Crippen molar-refractivity contribution >= 4 is 11.9 Å². The highest BCUT2D eigenvalue weighted by Crippen LogP contribution is 2.30. The summed E-state index contributed by atoms with van der Waals surface area (Å²) in [5.74, 6) is 0.498. The van der Waals surface area contributed by atoms with E-state index in [9.17, 15) is 9.59 Å². The number of fused-ring (bicyclic) bond motifs is 2. The summed E-state index contributed by atoms with van der Waals surface area (Å²) in [5, 5.41) is 0. The number of benzene rings is 2. The first-order valence-electron chi connectivity index (χ1n) is 18.1. The average molecular weight is 765 g/mol. The standard InChI is InChI=1S/C38H52O16/c39-37(53-29-31-1-3-33-35(27-31)51-25-21-47-17-13-43-9-7-41-11-15-45-19-23-49-33)5-6-38(40)54-30-32-2-4-34-36(28-32)52-26-22-48-18-14-44-10-8-42-12-16-46-20-24-50-34/h1-6,27-28H,7-26,29-30H2/b6-5-. The van der Waals surface area contributed by atoms with Crippen LogP contribution in [0.25, 0.3) is 0 Å². The molecule has 300 valence electrons. The third kappa shape index (κ3) is 18.9. The molecule has 0 aromatic heterocycles. The van der Waals surface area contributed by atoms with Gasteiger partial charge in [0.25, 0.3) is 0 Å². The van der Waals surface area contributed by atoms with Crippen molar-refractivity contribution < 1.29 is 75.9 Å². The Morgan fingerprint density at radius 2 is 0.648 bits per heavy atom. The van der Waals surface area contributed by atoms with Crippen molar-refractivity contribution in [1.82, 2.24) is 0 Å². The topological polar surface area (TPSA) is 163 Å². The summed E-state index contributed by atoms with van der Waals surface area (Å²) in [6.45, 7) is 7.92. The van der Waals surface area contributed by atoms with Gasteiger partial charge in [0.2, 0.25) is 0 Å². The van der Waals surface area contributed by atoms with Gasteiger partial charge in [-0.15, -0.1) is 0 Å². The van der Waals surface area contributed by atoms with Crippen molar-refractivity contribution in [3.63, 3.8) is 0 Å². The van der Waals surface area contributed by atoms with Gasteiger partial charge in [0.1, 0.15) is 39.6 Å². The van der Waals surface area contributed by atoms with Gasteiger partial charge < -0.3 is 66.3 Å². The first kappa shape index (κ1) is 42.7. The number of hydrogen-bond acceptors (Lipinski definition) is 16. The quantitative estimate of drug-likeness (QED) is 0.311. The van der Waals surface area contributed by atoms with E-state index < -0.39 is 11.9 Å². The minimum atomic E-state index is -0.723. The zero-order chi connectivity index (χ0) is 37.7. The van der Waals surface area contributed by atoms with E-state index in [1.165, 1.54) is 0 Å². The molecule has 0 N–H and O–H groups in total. The summed E-state index contributed by atoms with van der Waals surface area (Å²) in [6, 6.07) is 10.4.